The number of hydrogen-bond acceptors (Lipinski definition) is 4. The summed E-state index contributed by atoms with van der Waals surface area (Å²) >= 11 is 0. The molecule has 0 spiro atoms. The van der Waals surface area contributed by atoms with Crippen LogP contribution in [0.25, 0.3) is 0 Å². The molecule has 1 aromatic carbocycles. The van der Waals surface area contributed by atoms with Gasteiger partial charge < -0.3 is 15.9 Å². The molecule has 1 rings (SSSR count). The molecule has 1 aromatic rings. The predicted molar refractivity (Wildman–Crippen MR) is 64.6 cm³/mol. The normalized spacial score (nSPS) is 13.4. The summed E-state index contributed by atoms with van der Waals surface area (Å²) in [5, 5.41) is 21.8. The summed E-state index contributed by atoms with van der Waals surface area (Å²) in [6, 6.07) is 4.06. The zero-order valence-corrected chi connectivity index (χ0v) is 10.2. The molecule has 1 atom stereocenters. The first-order valence-corrected chi connectivity index (χ1v) is 5.33. The van der Waals surface area contributed by atoms with Crippen LogP contribution in [0.5, 0.6) is 11.5 Å². The topological polar surface area (TPSA) is 95.6 Å². The summed E-state index contributed by atoms with van der Waals surface area (Å²) in [5.41, 5.74) is 5.07. The fourth-order valence-electron chi connectivity index (χ4n) is 1.56. The van der Waals surface area contributed by atoms with Gasteiger partial charge in [0, 0.05) is 12.1 Å². The number of phenolic OH excluding ortho intramolecular Hbond substituents is 2. The highest BCUT2D eigenvalue weighted by molar-refractivity contribution is 5.83. The highest BCUT2D eigenvalue weighted by Gasteiger charge is 2.26. The van der Waals surface area contributed by atoms with Crippen molar-refractivity contribution in [1.82, 2.24) is 5.32 Å². The van der Waals surface area contributed by atoms with Gasteiger partial charge in [-0.1, -0.05) is 0 Å². The van der Waals surface area contributed by atoms with Gasteiger partial charge in [-0.25, -0.2) is 0 Å². The van der Waals surface area contributed by atoms with Crippen LogP contribution < -0.4 is 11.1 Å². The van der Waals surface area contributed by atoms with E-state index in [1.807, 2.05) is 6.92 Å². The monoisotopic (exact) mass is 238 g/mol. The average Bonchev–Trinajstić information content (AvgIpc) is 2.15. The molecule has 5 N–H and O–H groups in total. The van der Waals surface area contributed by atoms with Crippen LogP contribution in [-0.4, -0.2) is 21.7 Å². The van der Waals surface area contributed by atoms with Crippen LogP contribution in [0, 0.1) is 0 Å². The van der Waals surface area contributed by atoms with Gasteiger partial charge in [-0.05, 0) is 38.5 Å². The first-order chi connectivity index (χ1) is 7.72. The largest absolute Gasteiger partial charge is 0.508 e. The maximum atomic E-state index is 11.2. The van der Waals surface area contributed by atoms with Gasteiger partial charge >= 0.3 is 0 Å². The van der Waals surface area contributed by atoms with E-state index in [1.165, 1.54) is 18.2 Å². The number of nitrogens with two attached hydrogens (primary N) is 1. The molecule has 0 fully saturated rings. The Balaban J connectivity index is 2.90. The van der Waals surface area contributed by atoms with Crippen molar-refractivity contribution in [2.24, 2.45) is 5.73 Å². The van der Waals surface area contributed by atoms with Gasteiger partial charge in [0.05, 0.1) is 5.54 Å². The number of carbonyl (C=O) groups excluding carboxylic acids is 1. The van der Waals surface area contributed by atoms with E-state index in [9.17, 15) is 15.0 Å². The first kappa shape index (κ1) is 13.3. The van der Waals surface area contributed by atoms with Crippen molar-refractivity contribution in [3.05, 3.63) is 23.8 Å². The highest BCUT2D eigenvalue weighted by Crippen LogP contribution is 2.25. The second-order valence-corrected chi connectivity index (χ2v) is 4.64. The van der Waals surface area contributed by atoms with Gasteiger partial charge in [0.15, 0.2) is 0 Å². The van der Waals surface area contributed by atoms with Crippen molar-refractivity contribution >= 4 is 5.91 Å². The fourth-order valence-corrected chi connectivity index (χ4v) is 1.56. The average molecular weight is 238 g/mol. The van der Waals surface area contributed by atoms with Crippen molar-refractivity contribution in [1.29, 1.82) is 0 Å². The molecule has 0 aliphatic carbocycles. The van der Waals surface area contributed by atoms with Crippen molar-refractivity contribution < 1.29 is 15.0 Å². The van der Waals surface area contributed by atoms with Gasteiger partial charge in [0.25, 0.3) is 0 Å². The maximum absolute atomic E-state index is 11.2. The molecule has 0 saturated heterocycles. The van der Waals surface area contributed by atoms with Gasteiger partial charge in [-0.2, -0.15) is 0 Å². The minimum atomic E-state index is -0.861. The van der Waals surface area contributed by atoms with Crippen LogP contribution in [0.1, 0.15) is 32.4 Å². The second-order valence-electron chi connectivity index (χ2n) is 4.64. The smallest absolute Gasteiger partial charge is 0.237 e. The van der Waals surface area contributed by atoms with Crippen LogP contribution in [-0.2, 0) is 4.79 Å². The third-order valence-electron chi connectivity index (χ3n) is 2.62. The van der Waals surface area contributed by atoms with Crippen LogP contribution in [0.15, 0.2) is 18.2 Å². The third kappa shape index (κ3) is 3.35. The first-order valence-electron chi connectivity index (χ1n) is 5.33. The minimum Gasteiger partial charge on any atom is -0.508 e. The lowest BCUT2D eigenvalue weighted by Gasteiger charge is -2.27. The van der Waals surface area contributed by atoms with E-state index in [-0.39, 0.29) is 17.5 Å². The Morgan fingerprint density at radius 2 is 1.76 bits per heavy atom. The zero-order valence-electron chi connectivity index (χ0n) is 10.2. The molecule has 0 heterocycles. The number of benzene rings is 1. The van der Waals surface area contributed by atoms with Crippen LogP contribution in [0.3, 0.4) is 0 Å². The van der Waals surface area contributed by atoms with E-state index in [1.54, 1.807) is 13.8 Å². The minimum absolute atomic E-state index is 0.0227. The van der Waals surface area contributed by atoms with Crippen LogP contribution in [0.4, 0.5) is 0 Å². The molecular formula is C12H18N2O3. The molecule has 94 valence electrons. The Morgan fingerprint density at radius 1 is 1.29 bits per heavy atom. The van der Waals surface area contributed by atoms with Gasteiger partial charge in [-0.15, -0.1) is 0 Å². The number of aromatic hydroxyl groups is 2. The Bertz CT molecular complexity index is 410. The summed E-state index contributed by atoms with van der Waals surface area (Å²) in [4.78, 5) is 11.2. The Labute approximate surface area is 100 Å². The molecule has 5 nitrogen and oxygen atoms in total. The standard InChI is InChI=1S/C12H18N2O3/c1-7(14-12(2,3)11(13)17)8-4-9(15)6-10(16)5-8/h4-7,14-16H,1-3H3,(H2,13,17). The Kier molecular flexibility index (Phi) is 3.63. The lowest BCUT2D eigenvalue weighted by molar-refractivity contribution is -0.123. The lowest BCUT2D eigenvalue weighted by Crippen LogP contribution is -2.51. The summed E-state index contributed by atoms with van der Waals surface area (Å²) in [6.07, 6.45) is 0. The van der Waals surface area contributed by atoms with E-state index in [0.717, 1.165) is 0 Å². The van der Waals surface area contributed by atoms with Crippen molar-refractivity contribution in [3.63, 3.8) is 0 Å². The second kappa shape index (κ2) is 4.63. The van der Waals surface area contributed by atoms with Crippen LogP contribution >= 0.6 is 0 Å². The molecule has 17 heavy (non-hydrogen) atoms. The van der Waals surface area contributed by atoms with E-state index < -0.39 is 11.4 Å². The molecule has 0 bridgehead atoms. The molecule has 0 saturated carbocycles. The molecule has 1 unspecified atom stereocenters. The lowest BCUT2D eigenvalue weighted by atomic mass is 10.00. The maximum Gasteiger partial charge on any atom is 0.237 e. The summed E-state index contributed by atoms with van der Waals surface area (Å²) in [7, 11) is 0. The number of hydrogen-bond donors (Lipinski definition) is 4. The summed E-state index contributed by atoms with van der Waals surface area (Å²) in [5.74, 6) is -0.509. The molecule has 5 heteroatoms. The van der Waals surface area contributed by atoms with E-state index >= 15 is 0 Å². The summed E-state index contributed by atoms with van der Waals surface area (Å²) in [6.45, 7) is 5.17. The quantitative estimate of drug-likeness (QED) is 0.629. The third-order valence-corrected chi connectivity index (χ3v) is 2.62. The number of rotatable bonds is 4. The Hall–Kier alpha value is -1.75. The molecule has 0 aromatic heterocycles. The van der Waals surface area contributed by atoms with Gasteiger partial charge in [-0.3, -0.25) is 10.1 Å². The number of primary amides is 1. The van der Waals surface area contributed by atoms with Gasteiger partial charge in [0.2, 0.25) is 5.91 Å². The SMILES string of the molecule is CC(NC(C)(C)C(N)=O)c1cc(O)cc(O)c1. The highest BCUT2D eigenvalue weighted by atomic mass is 16.3. The van der Waals surface area contributed by atoms with E-state index in [0.29, 0.717) is 5.56 Å². The molecule has 0 radical (unpaired) electrons. The van der Waals surface area contributed by atoms with E-state index in [2.05, 4.69) is 5.32 Å². The predicted octanol–water partition coefficient (Wildman–Crippen LogP) is 1.01. The van der Waals surface area contributed by atoms with E-state index in [4.69, 9.17) is 5.73 Å². The number of phenols is 2. The van der Waals surface area contributed by atoms with Crippen molar-refractivity contribution in [2.45, 2.75) is 32.4 Å². The zero-order chi connectivity index (χ0) is 13.2. The summed E-state index contributed by atoms with van der Waals surface area (Å²) < 4.78 is 0. The molecular weight excluding hydrogens is 220 g/mol. The number of carbonyl (C=O) groups is 1. The van der Waals surface area contributed by atoms with Gasteiger partial charge in [0.1, 0.15) is 11.5 Å². The molecule has 0 aliphatic heterocycles. The van der Waals surface area contributed by atoms with Crippen LogP contribution in [0.2, 0.25) is 0 Å². The Morgan fingerprint density at radius 3 is 2.18 bits per heavy atom. The molecule has 0 aliphatic rings. The van der Waals surface area contributed by atoms with Crippen molar-refractivity contribution in [2.75, 3.05) is 0 Å². The number of nitrogens with one attached hydrogen (secondary N) is 1. The molecule has 1 amide bonds. The van der Waals surface area contributed by atoms with Crippen molar-refractivity contribution in [3.8, 4) is 11.5 Å². The fraction of sp³-hybridized carbons (Fsp3) is 0.417. The number of amides is 1.